The molecule has 1 aliphatic carbocycles. The maximum absolute atomic E-state index is 12.3. The molecule has 1 aliphatic rings. The number of hydrogen-bond acceptors (Lipinski definition) is 2. The van der Waals surface area contributed by atoms with Gasteiger partial charge in [0.2, 0.25) is 0 Å². The lowest BCUT2D eigenvalue weighted by molar-refractivity contribution is 0.0735. The predicted molar refractivity (Wildman–Crippen MR) is 70.2 cm³/mol. The first kappa shape index (κ1) is 12.2. The number of amides is 1. The molecule has 0 bridgehead atoms. The Morgan fingerprint density at radius 1 is 1.41 bits per heavy atom. The second kappa shape index (κ2) is 4.96. The largest absolute Gasteiger partial charge is 0.399 e. The van der Waals surface area contributed by atoms with Gasteiger partial charge in [-0.05, 0) is 31.0 Å². The highest BCUT2D eigenvalue weighted by atomic mass is 35.5. The van der Waals surface area contributed by atoms with Gasteiger partial charge in [-0.2, -0.15) is 0 Å². The lowest BCUT2D eigenvalue weighted by Gasteiger charge is -2.24. The zero-order valence-electron chi connectivity index (χ0n) is 9.95. The van der Waals surface area contributed by atoms with Gasteiger partial charge in [0.1, 0.15) is 0 Å². The molecule has 0 unspecified atom stereocenters. The molecular weight excluding hydrogens is 236 g/mol. The summed E-state index contributed by atoms with van der Waals surface area (Å²) in [6.07, 6.45) is 4.57. The third-order valence-corrected chi connectivity index (χ3v) is 3.74. The van der Waals surface area contributed by atoms with E-state index in [0.717, 1.165) is 12.8 Å². The van der Waals surface area contributed by atoms with Crippen LogP contribution >= 0.6 is 11.6 Å². The molecule has 2 N–H and O–H groups in total. The molecule has 0 atom stereocenters. The van der Waals surface area contributed by atoms with Gasteiger partial charge in [-0.1, -0.05) is 24.4 Å². The summed E-state index contributed by atoms with van der Waals surface area (Å²) >= 11 is 6.04. The number of anilines is 1. The van der Waals surface area contributed by atoms with E-state index in [4.69, 9.17) is 17.3 Å². The van der Waals surface area contributed by atoms with Crippen molar-refractivity contribution in [2.24, 2.45) is 0 Å². The van der Waals surface area contributed by atoms with E-state index in [1.54, 1.807) is 23.1 Å². The van der Waals surface area contributed by atoms with Crippen molar-refractivity contribution in [3.05, 3.63) is 28.8 Å². The van der Waals surface area contributed by atoms with E-state index < -0.39 is 0 Å². The number of nitrogens with two attached hydrogens (primary N) is 1. The highest BCUT2D eigenvalue weighted by Crippen LogP contribution is 2.26. The summed E-state index contributed by atoms with van der Waals surface area (Å²) in [5, 5.41) is 0.467. The SMILES string of the molecule is CN(C(=O)c1cc(N)ccc1Cl)C1CCCC1. The second-order valence-electron chi connectivity index (χ2n) is 4.59. The van der Waals surface area contributed by atoms with Crippen LogP contribution in [0.1, 0.15) is 36.0 Å². The molecule has 0 aromatic heterocycles. The molecule has 1 amide bonds. The van der Waals surface area contributed by atoms with Crippen LogP contribution in [-0.4, -0.2) is 23.9 Å². The summed E-state index contributed by atoms with van der Waals surface area (Å²) in [6.45, 7) is 0. The highest BCUT2D eigenvalue weighted by Gasteiger charge is 2.25. The molecule has 2 rings (SSSR count). The van der Waals surface area contributed by atoms with Crippen LogP contribution in [0.4, 0.5) is 5.69 Å². The summed E-state index contributed by atoms with van der Waals surface area (Å²) in [6, 6.07) is 5.37. The average Bonchev–Trinajstić information content (AvgIpc) is 2.84. The molecule has 0 radical (unpaired) electrons. The molecule has 92 valence electrons. The van der Waals surface area contributed by atoms with Crippen LogP contribution in [0.3, 0.4) is 0 Å². The monoisotopic (exact) mass is 252 g/mol. The molecular formula is C13H17ClN2O. The van der Waals surface area contributed by atoms with Gasteiger partial charge in [0, 0.05) is 18.8 Å². The van der Waals surface area contributed by atoms with Crippen LogP contribution in [0.15, 0.2) is 18.2 Å². The quantitative estimate of drug-likeness (QED) is 0.823. The first-order valence-electron chi connectivity index (χ1n) is 5.92. The fraction of sp³-hybridized carbons (Fsp3) is 0.462. The van der Waals surface area contributed by atoms with Crippen molar-refractivity contribution in [3.63, 3.8) is 0 Å². The van der Waals surface area contributed by atoms with Gasteiger partial charge >= 0.3 is 0 Å². The molecule has 1 fully saturated rings. The average molecular weight is 253 g/mol. The van der Waals surface area contributed by atoms with Gasteiger partial charge in [-0.15, -0.1) is 0 Å². The van der Waals surface area contributed by atoms with E-state index in [9.17, 15) is 4.79 Å². The van der Waals surface area contributed by atoms with Gasteiger partial charge in [0.25, 0.3) is 5.91 Å². The molecule has 4 heteroatoms. The Balaban J connectivity index is 2.20. The topological polar surface area (TPSA) is 46.3 Å². The van der Waals surface area contributed by atoms with Crippen LogP contribution in [0, 0.1) is 0 Å². The van der Waals surface area contributed by atoms with E-state index in [1.165, 1.54) is 12.8 Å². The Hall–Kier alpha value is -1.22. The minimum atomic E-state index is -0.0331. The van der Waals surface area contributed by atoms with E-state index in [2.05, 4.69) is 0 Å². The van der Waals surface area contributed by atoms with Gasteiger partial charge in [-0.25, -0.2) is 0 Å². The van der Waals surface area contributed by atoms with E-state index in [-0.39, 0.29) is 5.91 Å². The predicted octanol–water partition coefficient (Wildman–Crippen LogP) is 2.94. The Labute approximate surface area is 107 Å². The first-order valence-corrected chi connectivity index (χ1v) is 6.29. The molecule has 0 aliphatic heterocycles. The number of benzene rings is 1. The number of nitrogens with zero attached hydrogens (tertiary/aromatic N) is 1. The third-order valence-electron chi connectivity index (χ3n) is 3.41. The lowest BCUT2D eigenvalue weighted by atomic mass is 10.1. The number of halogens is 1. The number of rotatable bonds is 2. The summed E-state index contributed by atoms with van der Waals surface area (Å²) in [7, 11) is 1.85. The van der Waals surface area contributed by atoms with E-state index in [0.29, 0.717) is 22.3 Å². The van der Waals surface area contributed by atoms with Crippen LogP contribution in [0.25, 0.3) is 0 Å². The zero-order chi connectivity index (χ0) is 12.4. The minimum absolute atomic E-state index is 0.0331. The van der Waals surface area contributed by atoms with Crippen molar-refractivity contribution in [2.45, 2.75) is 31.7 Å². The summed E-state index contributed by atoms with van der Waals surface area (Å²) < 4.78 is 0. The van der Waals surface area contributed by atoms with Crippen molar-refractivity contribution in [2.75, 3.05) is 12.8 Å². The minimum Gasteiger partial charge on any atom is -0.399 e. The van der Waals surface area contributed by atoms with Gasteiger partial charge < -0.3 is 10.6 Å². The normalized spacial score (nSPS) is 16.1. The summed E-state index contributed by atoms with van der Waals surface area (Å²) in [4.78, 5) is 14.1. The molecule has 0 saturated heterocycles. The molecule has 0 spiro atoms. The van der Waals surface area contributed by atoms with Crippen molar-refractivity contribution in [3.8, 4) is 0 Å². The third kappa shape index (κ3) is 2.55. The fourth-order valence-electron chi connectivity index (χ4n) is 2.35. The maximum Gasteiger partial charge on any atom is 0.255 e. The smallest absolute Gasteiger partial charge is 0.255 e. The highest BCUT2D eigenvalue weighted by molar-refractivity contribution is 6.34. The standard InChI is InChI=1S/C13H17ClN2O/c1-16(10-4-2-3-5-10)13(17)11-8-9(15)6-7-12(11)14/h6-8,10H,2-5,15H2,1H3. The lowest BCUT2D eigenvalue weighted by Crippen LogP contribution is -2.35. The summed E-state index contributed by atoms with van der Waals surface area (Å²) in [5.74, 6) is -0.0331. The second-order valence-corrected chi connectivity index (χ2v) is 5.00. The molecule has 1 aromatic rings. The van der Waals surface area contributed by atoms with Crippen molar-refractivity contribution < 1.29 is 4.79 Å². The van der Waals surface area contributed by atoms with Crippen molar-refractivity contribution >= 4 is 23.2 Å². The Bertz CT molecular complexity index is 427. The molecule has 0 heterocycles. The Kier molecular flexibility index (Phi) is 3.57. The van der Waals surface area contributed by atoms with Gasteiger partial charge in [0.15, 0.2) is 0 Å². The Morgan fingerprint density at radius 2 is 2.06 bits per heavy atom. The van der Waals surface area contributed by atoms with E-state index in [1.807, 2.05) is 7.05 Å². The van der Waals surface area contributed by atoms with Crippen molar-refractivity contribution in [1.82, 2.24) is 4.90 Å². The van der Waals surface area contributed by atoms with Crippen LogP contribution in [0.5, 0.6) is 0 Å². The summed E-state index contributed by atoms with van der Waals surface area (Å²) in [5.41, 5.74) is 6.76. The first-order chi connectivity index (χ1) is 8.09. The van der Waals surface area contributed by atoms with Crippen LogP contribution < -0.4 is 5.73 Å². The number of carbonyl (C=O) groups excluding carboxylic acids is 1. The molecule has 1 saturated carbocycles. The van der Waals surface area contributed by atoms with Crippen molar-refractivity contribution in [1.29, 1.82) is 0 Å². The van der Waals surface area contributed by atoms with E-state index >= 15 is 0 Å². The molecule has 1 aromatic carbocycles. The zero-order valence-corrected chi connectivity index (χ0v) is 10.7. The maximum atomic E-state index is 12.3. The number of nitrogen functional groups attached to an aromatic ring is 1. The van der Waals surface area contributed by atoms with Crippen LogP contribution in [-0.2, 0) is 0 Å². The Morgan fingerprint density at radius 3 is 2.71 bits per heavy atom. The fourth-order valence-corrected chi connectivity index (χ4v) is 2.55. The number of hydrogen-bond donors (Lipinski definition) is 1. The number of carbonyl (C=O) groups is 1. The van der Waals surface area contributed by atoms with Crippen LogP contribution in [0.2, 0.25) is 5.02 Å². The van der Waals surface area contributed by atoms with Gasteiger partial charge in [-0.3, -0.25) is 4.79 Å². The molecule has 3 nitrogen and oxygen atoms in total. The molecule has 17 heavy (non-hydrogen) atoms. The van der Waals surface area contributed by atoms with Gasteiger partial charge in [0.05, 0.1) is 10.6 Å².